The van der Waals surface area contributed by atoms with Gasteiger partial charge in [0.1, 0.15) is 5.75 Å². The molecule has 0 aliphatic heterocycles. The fourth-order valence-electron chi connectivity index (χ4n) is 1.80. The highest BCUT2D eigenvalue weighted by Gasteiger charge is 2.12. The molecule has 0 saturated carbocycles. The van der Waals surface area contributed by atoms with Gasteiger partial charge in [-0.3, -0.25) is 4.79 Å². The van der Waals surface area contributed by atoms with E-state index in [0.717, 1.165) is 0 Å². The maximum atomic E-state index is 11.8. The lowest BCUT2D eigenvalue weighted by atomic mass is 10.2. The van der Waals surface area contributed by atoms with Crippen LogP contribution in [0.1, 0.15) is 10.4 Å². The quantitative estimate of drug-likeness (QED) is 0.684. The highest BCUT2D eigenvalue weighted by Crippen LogP contribution is 2.14. The molecule has 2 rings (SSSR count). The summed E-state index contributed by atoms with van der Waals surface area (Å²) in [7, 11) is -3.89. The van der Waals surface area contributed by atoms with E-state index in [1.54, 1.807) is 0 Å². The number of sulfonamides is 1. The van der Waals surface area contributed by atoms with Gasteiger partial charge in [0.15, 0.2) is 6.61 Å². The van der Waals surface area contributed by atoms with Crippen molar-refractivity contribution >= 4 is 27.6 Å². The van der Waals surface area contributed by atoms with Gasteiger partial charge in [-0.05, 0) is 36.4 Å². The lowest BCUT2D eigenvalue weighted by molar-refractivity contribution is -0.119. The Balaban J connectivity index is 1.95. The van der Waals surface area contributed by atoms with Crippen LogP contribution in [0, 0.1) is 0 Å². The third-order valence-electron chi connectivity index (χ3n) is 2.86. The Morgan fingerprint density at radius 1 is 1.12 bits per heavy atom. The van der Waals surface area contributed by atoms with Crippen molar-refractivity contribution in [2.45, 2.75) is 4.90 Å². The third-order valence-corrected chi connectivity index (χ3v) is 3.77. The number of rotatable bonds is 5. The Morgan fingerprint density at radius 2 is 1.83 bits per heavy atom. The number of esters is 1. The number of phenolic OH excluding ortho intramolecular Hbond substituents is 1. The van der Waals surface area contributed by atoms with Crippen LogP contribution in [-0.2, 0) is 19.6 Å². The molecule has 2 aromatic carbocycles. The normalized spacial score (nSPS) is 10.9. The Bertz CT molecular complexity index is 879. The van der Waals surface area contributed by atoms with Crippen molar-refractivity contribution in [3.05, 3.63) is 54.1 Å². The van der Waals surface area contributed by atoms with E-state index in [2.05, 4.69) is 5.32 Å². The number of anilines is 1. The SMILES string of the molecule is NS(=O)(=O)c1cccc(NC(=O)COC(=O)c2cccc(O)c2)c1. The number of benzene rings is 2. The molecule has 4 N–H and O–H groups in total. The van der Waals surface area contributed by atoms with Crippen molar-refractivity contribution in [1.29, 1.82) is 0 Å². The zero-order valence-electron chi connectivity index (χ0n) is 12.3. The number of ether oxygens (including phenoxy) is 1. The smallest absolute Gasteiger partial charge is 0.338 e. The Kier molecular flexibility index (Phi) is 5.17. The summed E-state index contributed by atoms with van der Waals surface area (Å²) in [5.41, 5.74) is 0.291. The Morgan fingerprint density at radius 3 is 2.50 bits per heavy atom. The predicted octanol–water partition coefficient (Wildman–Crippen LogP) is 0.835. The fraction of sp³-hybridized carbons (Fsp3) is 0.0667. The van der Waals surface area contributed by atoms with Gasteiger partial charge in [-0.2, -0.15) is 0 Å². The molecule has 0 unspecified atom stereocenters. The maximum absolute atomic E-state index is 11.8. The minimum atomic E-state index is -3.89. The molecule has 1 amide bonds. The van der Waals surface area contributed by atoms with Gasteiger partial charge in [-0.15, -0.1) is 0 Å². The van der Waals surface area contributed by atoms with Crippen LogP contribution in [0.2, 0.25) is 0 Å². The van der Waals surface area contributed by atoms with Crippen LogP contribution in [-0.4, -0.2) is 32.0 Å². The molecular formula is C15H14N2O6S. The average Bonchev–Trinajstić information content (AvgIpc) is 2.52. The zero-order chi connectivity index (χ0) is 17.7. The van der Waals surface area contributed by atoms with Crippen molar-refractivity contribution < 1.29 is 27.9 Å². The van der Waals surface area contributed by atoms with Gasteiger partial charge in [0, 0.05) is 5.69 Å². The number of aromatic hydroxyl groups is 1. The predicted molar refractivity (Wildman–Crippen MR) is 84.8 cm³/mol. The number of hydrogen-bond donors (Lipinski definition) is 3. The van der Waals surface area contributed by atoms with Crippen molar-refractivity contribution in [1.82, 2.24) is 0 Å². The first-order valence-electron chi connectivity index (χ1n) is 6.64. The van der Waals surface area contributed by atoms with Crippen LogP contribution in [0.25, 0.3) is 0 Å². The van der Waals surface area contributed by atoms with Gasteiger partial charge < -0.3 is 15.2 Å². The van der Waals surface area contributed by atoms with E-state index >= 15 is 0 Å². The van der Waals surface area contributed by atoms with E-state index in [1.165, 1.54) is 48.5 Å². The molecule has 0 atom stereocenters. The van der Waals surface area contributed by atoms with E-state index in [-0.39, 0.29) is 21.9 Å². The highest BCUT2D eigenvalue weighted by molar-refractivity contribution is 7.89. The van der Waals surface area contributed by atoms with E-state index in [4.69, 9.17) is 9.88 Å². The maximum Gasteiger partial charge on any atom is 0.338 e. The van der Waals surface area contributed by atoms with E-state index < -0.39 is 28.5 Å². The van der Waals surface area contributed by atoms with Gasteiger partial charge >= 0.3 is 5.97 Å². The van der Waals surface area contributed by atoms with E-state index in [1.807, 2.05) is 0 Å². The molecule has 0 fully saturated rings. The van der Waals surface area contributed by atoms with Crippen LogP contribution >= 0.6 is 0 Å². The second-order valence-electron chi connectivity index (χ2n) is 4.75. The molecule has 2 aromatic rings. The molecule has 0 aliphatic carbocycles. The minimum Gasteiger partial charge on any atom is -0.508 e. The van der Waals surface area contributed by atoms with Gasteiger partial charge in [0.25, 0.3) is 5.91 Å². The van der Waals surface area contributed by atoms with Crippen molar-refractivity contribution in [3.63, 3.8) is 0 Å². The molecule has 9 heteroatoms. The number of amides is 1. The van der Waals surface area contributed by atoms with E-state index in [9.17, 15) is 23.1 Å². The summed E-state index contributed by atoms with van der Waals surface area (Å²) in [6.45, 7) is -0.575. The van der Waals surface area contributed by atoms with Crippen molar-refractivity contribution in [2.24, 2.45) is 5.14 Å². The van der Waals surface area contributed by atoms with Gasteiger partial charge in [0.2, 0.25) is 10.0 Å². The number of carbonyl (C=O) groups is 2. The summed E-state index contributed by atoms with van der Waals surface area (Å²) in [6, 6.07) is 10.8. The number of phenols is 1. The lowest BCUT2D eigenvalue weighted by Crippen LogP contribution is -2.21. The number of hydrogen-bond acceptors (Lipinski definition) is 6. The summed E-state index contributed by atoms with van der Waals surface area (Å²) in [5, 5.41) is 16.7. The third kappa shape index (κ3) is 4.80. The Hall–Kier alpha value is -2.91. The highest BCUT2D eigenvalue weighted by atomic mass is 32.2. The molecule has 24 heavy (non-hydrogen) atoms. The van der Waals surface area contributed by atoms with Crippen LogP contribution in [0.4, 0.5) is 5.69 Å². The van der Waals surface area contributed by atoms with Gasteiger partial charge in [-0.1, -0.05) is 12.1 Å². The molecule has 126 valence electrons. The summed E-state index contributed by atoms with van der Waals surface area (Å²) in [4.78, 5) is 23.3. The van der Waals surface area contributed by atoms with Crippen LogP contribution < -0.4 is 10.5 Å². The largest absolute Gasteiger partial charge is 0.508 e. The Labute approximate surface area is 137 Å². The second-order valence-corrected chi connectivity index (χ2v) is 6.31. The van der Waals surface area contributed by atoms with E-state index in [0.29, 0.717) is 0 Å². The molecular weight excluding hydrogens is 336 g/mol. The van der Waals surface area contributed by atoms with Crippen LogP contribution in [0.3, 0.4) is 0 Å². The van der Waals surface area contributed by atoms with Gasteiger partial charge in [0.05, 0.1) is 10.5 Å². The molecule has 0 heterocycles. The first-order valence-corrected chi connectivity index (χ1v) is 8.19. The topological polar surface area (TPSA) is 136 Å². The molecule has 0 aromatic heterocycles. The number of primary sulfonamides is 1. The molecule has 0 bridgehead atoms. The standard InChI is InChI=1S/C15H14N2O6S/c16-24(21,22)13-6-2-4-11(8-13)17-14(19)9-23-15(20)10-3-1-5-12(18)7-10/h1-8,18H,9H2,(H,17,19)(H2,16,21,22). The first-order chi connectivity index (χ1) is 11.3. The molecule has 8 nitrogen and oxygen atoms in total. The zero-order valence-corrected chi connectivity index (χ0v) is 13.1. The summed E-state index contributed by atoms with van der Waals surface area (Å²) in [6.07, 6.45) is 0. The first kappa shape index (κ1) is 17.4. The summed E-state index contributed by atoms with van der Waals surface area (Å²) in [5.74, 6) is -1.54. The molecule has 0 spiro atoms. The van der Waals surface area contributed by atoms with Crippen LogP contribution in [0.5, 0.6) is 5.75 Å². The minimum absolute atomic E-state index is 0.0963. The number of nitrogens with two attached hydrogens (primary N) is 1. The molecule has 0 saturated heterocycles. The van der Waals surface area contributed by atoms with Crippen molar-refractivity contribution in [2.75, 3.05) is 11.9 Å². The van der Waals surface area contributed by atoms with Gasteiger partial charge in [-0.25, -0.2) is 18.4 Å². The van der Waals surface area contributed by atoms with Crippen LogP contribution in [0.15, 0.2) is 53.4 Å². The summed E-state index contributed by atoms with van der Waals surface area (Å²) >= 11 is 0. The number of nitrogens with one attached hydrogen (secondary N) is 1. The number of carbonyl (C=O) groups excluding carboxylic acids is 2. The molecule has 0 radical (unpaired) electrons. The second kappa shape index (κ2) is 7.11. The lowest BCUT2D eigenvalue weighted by Gasteiger charge is -2.08. The average molecular weight is 350 g/mol. The summed E-state index contributed by atoms with van der Waals surface area (Å²) < 4.78 is 27.3. The molecule has 0 aliphatic rings. The van der Waals surface area contributed by atoms with Crippen molar-refractivity contribution in [3.8, 4) is 5.75 Å². The monoisotopic (exact) mass is 350 g/mol. The fourth-order valence-corrected chi connectivity index (χ4v) is 2.35.